The van der Waals surface area contributed by atoms with Crippen LogP contribution in [0.15, 0.2) is 30.5 Å². The highest BCUT2D eigenvalue weighted by Crippen LogP contribution is 2.33. The van der Waals surface area contributed by atoms with E-state index in [1.165, 1.54) is 7.11 Å². The Labute approximate surface area is 114 Å². The van der Waals surface area contributed by atoms with Crippen LogP contribution in [0.1, 0.15) is 0 Å². The third-order valence-electron chi connectivity index (χ3n) is 2.24. The highest BCUT2D eigenvalue weighted by Gasteiger charge is 2.08. The molecule has 0 spiro atoms. The molecule has 0 fully saturated rings. The monoisotopic (exact) mass is 287 g/mol. The summed E-state index contributed by atoms with van der Waals surface area (Å²) in [6.07, 6.45) is 1.65. The third kappa shape index (κ3) is 2.65. The maximum atomic E-state index is 6.10. The number of rotatable bonds is 2. The number of nitrogens with zero attached hydrogens (tertiary/aromatic N) is 1. The van der Waals surface area contributed by atoms with Crippen molar-refractivity contribution in [3.63, 3.8) is 0 Å². The Morgan fingerprint density at radius 3 is 2.41 bits per heavy atom. The fourth-order valence-electron chi connectivity index (χ4n) is 1.45. The number of benzene rings is 1. The topological polar surface area (TPSA) is 22.1 Å². The highest BCUT2D eigenvalue weighted by atomic mass is 35.5. The lowest BCUT2D eigenvalue weighted by Gasteiger charge is -2.07. The lowest BCUT2D eigenvalue weighted by molar-refractivity contribution is 0.398. The SMILES string of the molecule is COc1ncc(-c2ccc(Cl)cc2Cl)cc1Cl. The van der Waals surface area contributed by atoms with E-state index in [1.807, 2.05) is 6.07 Å². The molecule has 17 heavy (non-hydrogen) atoms. The molecule has 2 rings (SSSR count). The first-order chi connectivity index (χ1) is 8.11. The molecule has 5 heteroatoms. The Hall–Kier alpha value is -0.960. The molecule has 0 atom stereocenters. The quantitative estimate of drug-likeness (QED) is 0.798. The van der Waals surface area contributed by atoms with E-state index in [0.717, 1.165) is 11.1 Å². The lowest BCUT2D eigenvalue weighted by Crippen LogP contribution is -1.89. The van der Waals surface area contributed by atoms with E-state index in [1.54, 1.807) is 24.4 Å². The smallest absolute Gasteiger partial charge is 0.232 e. The van der Waals surface area contributed by atoms with Gasteiger partial charge in [0.05, 0.1) is 7.11 Å². The lowest BCUT2D eigenvalue weighted by atomic mass is 10.1. The zero-order valence-corrected chi connectivity index (χ0v) is 11.1. The van der Waals surface area contributed by atoms with E-state index in [9.17, 15) is 0 Å². The first-order valence-corrected chi connectivity index (χ1v) is 5.90. The number of hydrogen-bond acceptors (Lipinski definition) is 2. The number of methoxy groups -OCH3 is 1. The molecule has 1 heterocycles. The molecular formula is C12H8Cl3NO. The zero-order valence-electron chi connectivity index (χ0n) is 8.88. The summed E-state index contributed by atoms with van der Waals surface area (Å²) in [4.78, 5) is 4.09. The second kappa shape index (κ2) is 5.13. The summed E-state index contributed by atoms with van der Waals surface area (Å²) in [7, 11) is 1.52. The Balaban J connectivity index is 2.50. The summed E-state index contributed by atoms with van der Waals surface area (Å²) in [6, 6.07) is 7.02. The van der Waals surface area contributed by atoms with E-state index in [2.05, 4.69) is 4.98 Å². The van der Waals surface area contributed by atoms with Gasteiger partial charge in [-0.2, -0.15) is 0 Å². The number of aromatic nitrogens is 1. The first kappa shape index (κ1) is 12.5. The predicted molar refractivity (Wildman–Crippen MR) is 71.3 cm³/mol. The van der Waals surface area contributed by atoms with Crippen molar-refractivity contribution in [2.24, 2.45) is 0 Å². The van der Waals surface area contributed by atoms with E-state index < -0.39 is 0 Å². The van der Waals surface area contributed by atoms with Gasteiger partial charge in [0.1, 0.15) is 5.02 Å². The second-order valence-electron chi connectivity index (χ2n) is 3.34. The summed E-state index contributed by atoms with van der Waals surface area (Å²) < 4.78 is 4.99. The first-order valence-electron chi connectivity index (χ1n) is 4.77. The molecule has 2 nitrogen and oxygen atoms in total. The molecule has 0 amide bonds. The fraction of sp³-hybridized carbons (Fsp3) is 0.0833. The molecule has 0 N–H and O–H groups in total. The average molecular weight is 289 g/mol. The van der Waals surface area contributed by atoms with Crippen molar-refractivity contribution >= 4 is 34.8 Å². The van der Waals surface area contributed by atoms with Crippen LogP contribution in [0, 0.1) is 0 Å². The van der Waals surface area contributed by atoms with Crippen molar-refractivity contribution < 1.29 is 4.74 Å². The number of ether oxygens (including phenoxy) is 1. The average Bonchev–Trinajstić information content (AvgIpc) is 2.29. The minimum atomic E-state index is 0.389. The normalized spacial score (nSPS) is 10.4. The van der Waals surface area contributed by atoms with Crippen molar-refractivity contribution in [1.29, 1.82) is 0 Å². The van der Waals surface area contributed by atoms with Crippen molar-refractivity contribution in [2.45, 2.75) is 0 Å². The summed E-state index contributed by atoms with van der Waals surface area (Å²) in [5, 5.41) is 1.59. The van der Waals surface area contributed by atoms with Crippen LogP contribution in [-0.4, -0.2) is 12.1 Å². The Kier molecular flexibility index (Phi) is 3.77. The maximum absolute atomic E-state index is 6.10. The van der Waals surface area contributed by atoms with Gasteiger partial charge in [0.15, 0.2) is 0 Å². The largest absolute Gasteiger partial charge is 0.480 e. The molecule has 0 aliphatic heterocycles. The Morgan fingerprint density at radius 2 is 1.82 bits per heavy atom. The Morgan fingerprint density at radius 1 is 1.06 bits per heavy atom. The molecule has 0 unspecified atom stereocenters. The van der Waals surface area contributed by atoms with Crippen LogP contribution in [0.2, 0.25) is 15.1 Å². The van der Waals surface area contributed by atoms with Crippen molar-refractivity contribution in [1.82, 2.24) is 4.98 Å². The van der Waals surface area contributed by atoms with Gasteiger partial charge in [-0.15, -0.1) is 0 Å². The van der Waals surface area contributed by atoms with E-state index >= 15 is 0 Å². The van der Waals surface area contributed by atoms with Gasteiger partial charge in [0.2, 0.25) is 5.88 Å². The Bertz CT molecular complexity index is 557. The molecule has 0 saturated carbocycles. The van der Waals surface area contributed by atoms with E-state index in [0.29, 0.717) is 20.9 Å². The number of hydrogen-bond donors (Lipinski definition) is 0. The fourth-order valence-corrected chi connectivity index (χ4v) is 2.21. The molecule has 88 valence electrons. The van der Waals surface area contributed by atoms with Crippen LogP contribution in [0.5, 0.6) is 5.88 Å². The van der Waals surface area contributed by atoms with Crippen LogP contribution in [0.3, 0.4) is 0 Å². The molecule has 0 aliphatic rings. The summed E-state index contributed by atoms with van der Waals surface area (Å²) in [6.45, 7) is 0. The maximum Gasteiger partial charge on any atom is 0.232 e. The van der Waals surface area contributed by atoms with Gasteiger partial charge in [-0.05, 0) is 18.2 Å². The highest BCUT2D eigenvalue weighted by molar-refractivity contribution is 6.36. The van der Waals surface area contributed by atoms with Gasteiger partial charge in [-0.3, -0.25) is 0 Å². The summed E-state index contributed by atoms with van der Waals surface area (Å²) in [5.74, 6) is 0.389. The van der Waals surface area contributed by atoms with Gasteiger partial charge in [0, 0.05) is 27.4 Å². The minimum Gasteiger partial charge on any atom is -0.480 e. The van der Waals surface area contributed by atoms with E-state index in [-0.39, 0.29) is 0 Å². The van der Waals surface area contributed by atoms with E-state index in [4.69, 9.17) is 39.5 Å². The van der Waals surface area contributed by atoms with Crippen LogP contribution >= 0.6 is 34.8 Å². The molecule has 2 aromatic rings. The molecule has 0 saturated heterocycles. The van der Waals surface area contributed by atoms with Crippen LogP contribution < -0.4 is 4.74 Å². The van der Waals surface area contributed by atoms with Crippen LogP contribution in [0.4, 0.5) is 0 Å². The van der Waals surface area contributed by atoms with Crippen LogP contribution in [-0.2, 0) is 0 Å². The van der Waals surface area contributed by atoms with Crippen molar-refractivity contribution in [3.8, 4) is 17.0 Å². The van der Waals surface area contributed by atoms with Crippen molar-refractivity contribution in [3.05, 3.63) is 45.5 Å². The standard InChI is InChI=1S/C12H8Cl3NO/c1-17-12-11(15)4-7(6-16-12)9-3-2-8(13)5-10(9)14/h2-6H,1H3. The summed E-state index contributed by atoms with van der Waals surface area (Å²) in [5.41, 5.74) is 1.64. The van der Waals surface area contributed by atoms with Gasteiger partial charge in [-0.25, -0.2) is 4.98 Å². The summed E-state index contributed by atoms with van der Waals surface area (Å²) >= 11 is 17.9. The number of halogens is 3. The molecule has 0 aliphatic carbocycles. The van der Waals surface area contributed by atoms with Gasteiger partial charge < -0.3 is 4.74 Å². The van der Waals surface area contributed by atoms with Crippen LogP contribution in [0.25, 0.3) is 11.1 Å². The molecular weight excluding hydrogens is 280 g/mol. The predicted octanol–water partition coefficient (Wildman–Crippen LogP) is 4.72. The number of pyridine rings is 1. The molecule has 1 aromatic carbocycles. The van der Waals surface area contributed by atoms with Crippen molar-refractivity contribution in [2.75, 3.05) is 7.11 Å². The third-order valence-corrected chi connectivity index (χ3v) is 3.06. The molecule has 1 aromatic heterocycles. The van der Waals surface area contributed by atoms with Gasteiger partial charge in [0.25, 0.3) is 0 Å². The second-order valence-corrected chi connectivity index (χ2v) is 4.59. The molecule has 0 radical (unpaired) electrons. The van der Waals surface area contributed by atoms with Gasteiger partial charge >= 0.3 is 0 Å². The molecule has 0 bridgehead atoms. The van der Waals surface area contributed by atoms with Gasteiger partial charge in [-0.1, -0.05) is 40.9 Å². The zero-order chi connectivity index (χ0) is 12.4. The minimum absolute atomic E-state index is 0.389.